The predicted octanol–water partition coefficient (Wildman–Crippen LogP) is 2.09. The molecule has 0 bridgehead atoms. The van der Waals surface area contributed by atoms with Crippen molar-refractivity contribution in [2.24, 2.45) is 10.9 Å². The summed E-state index contributed by atoms with van der Waals surface area (Å²) >= 11 is 0. The van der Waals surface area contributed by atoms with E-state index in [0.717, 1.165) is 5.56 Å². The Bertz CT molecular complexity index is 656. The average Bonchev–Trinajstić information content (AvgIpc) is 2.81. The molecule has 0 aromatic heterocycles. The number of nitrogens with zero attached hydrogens (tertiary/aromatic N) is 1. The van der Waals surface area contributed by atoms with Crippen LogP contribution < -0.4 is 5.73 Å². The third kappa shape index (κ3) is 2.33. The van der Waals surface area contributed by atoms with Gasteiger partial charge >= 0.3 is 5.97 Å². The first-order valence-corrected chi connectivity index (χ1v) is 6.39. The second kappa shape index (κ2) is 4.90. The minimum Gasteiger partial charge on any atom is -0.318 e. The van der Waals surface area contributed by atoms with Crippen molar-refractivity contribution in [2.75, 3.05) is 0 Å². The molecule has 100 valence electrons. The van der Waals surface area contributed by atoms with Crippen LogP contribution in [-0.4, -0.2) is 17.2 Å². The smallest absolute Gasteiger partial charge is 0.318 e. The Balaban J connectivity index is 1.99. The van der Waals surface area contributed by atoms with Crippen LogP contribution in [0.2, 0.25) is 0 Å². The van der Waals surface area contributed by atoms with E-state index >= 15 is 0 Å². The van der Waals surface area contributed by atoms with Crippen LogP contribution in [0.1, 0.15) is 12.0 Å². The van der Waals surface area contributed by atoms with Gasteiger partial charge in [-0.2, -0.15) is 0 Å². The first-order valence-electron chi connectivity index (χ1n) is 6.39. The molecule has 0 amide bonds. The van der Waals surface area contributed by atoms with Gasteiger partial charge in [-0.15, -0.1) is 0 Å². The number of nitrogens with two attached hydrogens (primary N) is 1. The fourth-order valence-electron chi connectivity index (χ4n) is 2.24. The average molecular weight is 266 g/mol. The molecule has 20 heavy (non-hydrogen) atoms. The fraction of sp³-hybridized carbons (Fsp3) is 0.125. The molecule has 4 heteroatoms. The second-order valence-electron chi connectivity index (χ2n) is 4.85. The number of hydrogen-bond donors (Lipinski definition) is 1. The topological polar surface area (TPSA) is 64.7 Å². The number of carbonyl (C=O) groups is 1. The van der Waals surface area contributed by atoms with Crippen LogP contribution in [0.5, 0.6) is 0 Å². The quantitative estimate of drug-likeness (QED) is 0.658. The lowest BCUT2D eigenvalue weighted by atomic mass is 9.88. The van der Waals surface area contributed by atoms with Crippen LogP contribution in [0.15, 0.2) is 71.4 Å². The molecule has 1 aliphatic carbocycles. The molecule has 0 radical (unpaired) electrons. The van der Waals surface area contributed by atoms with E-state index in [-0.39, 0.29) is 0 Å². The van der Waals surface area contributed by atoms with E-state index in [9.17, 15) is 4.79 Å². The lowest BCUT2D eigenvalue weighted by Gasteiger charge is -2.22. The van der Waals surface area contributed by atoms with Crippen molar-refractivity contribution in [3.8, 4) is 0 Å². The summed E-state index contributed by atoms with van der Waals surface area (Å²) in [4.78, 5) is 16.7. The molecule has 1 aromatic rings. The van der Waals surface area contributed by atoms with Crippen LogP contribution in [0.25, 0.3) is 0 Å². The van der Waals surface area contributed by atoms with Crippen molar-refractivity contribution in [3.05, 3.63) is 71.8 Å². The molecule has 1 heterocycles. The van der Waals surface area contributed by atoms with Gasteiger partial charge in [0.2, 0.25) is 0 Å². The summed E-state index contributed by atoms with van der Waals surface area (Å²) in [6.07, 6.45) is 10.0. The van der Waals surface area contributed by atoms with Gasteiger partial charge in [0.25, 0.3) is 0 Å². The zero-order chi connectivity index (χ0) is 14.0. The SMILES string of the molecule is NC1(C=C2C(=O)ON=C2c2ccccc2)C=CC=CC1. The maximum absolute atomic E-state index is 11.9. The summed E-state index contributed by atoms with van der Waals surface area (Å²) < 4.78 is 0. The highest BCUT2D eigenvalue weighted by atomic mass is 16.7. The van der Waals surface area contributed by atoms with E-state index in [0.29, 0.717) is 17.7 Å². The second-order valence-corrected chi connectivity index (χ2v) is 4.85. The number of rotatable bonds is 2. The number of hydrogen-bond acceptors (Lipinski definition) is 4. The van der Waals surface area contributed by atoms with Crippen LogP contribution in [0, 0.1) is 0 Å². The summed E-state index contributed by atoms with van der Waals surface area (Å²) in [7, 11) is 0. The van der Waals surface area contributed by atoms with Gasteiger partial charge < -0.3 is 10.6 Å². The van der Waals surface area contributed by atoms with Crippen molar-refractivity contribution in [2.45, 2.75) is 12.0 Å². The van der Waals surface area contributed by atoms with Gasteiger partial charge in [0.1, 0.15) is 5.71 Å². The maximum atomic E-state index is 11.9. The zero-order valence-electron chi connectivity index (χ0n) is 10.8. The summed E-state index contributed by atoms with van der Waals surface area (Å²) in [6.45, 7) is 0. The molecule has 0 saturated heterocycles. The molecular formula is C16H14N2O2. The van der Waals surface area contributed by atoms with E-state index in [1.165, 1.54) is 0 Å². The Morgan fingerprint density at radius 1 is 1.25 bits per heavy atom. The molecule has 1 atom stereocenters. The molecule has 1 aliphatic heterocycles. The summed E-state index contributed by atoms with van der Waals surface area (Å²) in [5.41, 5.74) is 7.37. The molecule has 1 aromatic carbocycles. The number of oxime groups is 1. The molecule has 0 fully saturated rings. The molecule has 2 aliphatic rings. The van der Waals surface area contributed by atoms with Crippen LogP contribution in [-0.2, 0) is 9.63 Å². The number of carbonyl (C=O) groups excluding carboxylic acids is 1. The summed E-state index contributed by atoms with van der Waals surface area (Å²) in [6, 6.07) is 9.45. The van der Waals surface area contributed by atoms with Gasteiger partial charge in [-0.05, 0) is 12.5 Å². The maximum Gasteiger partial charge on any atom is 0.367 e. The molecule has 1 unspecified atom stereocenters. The van der Waals surface area contributed by atoms with Crippen molar-refractivity contribution in [1.29, 1.82) is 0 Å². The Labute approximate surface area is 116 Å². The minimum absolute atomic E-state index is 0.415. The zero-order valence-corrected chi connectivity index (χ0v) is 10.8. The van der Waals surface area contributed by atoms with Crippen molar-refractivity contribution < 1.29 is 9.63 Å². The molecule has 2 N–H and O–H groups in total. The monoisotopic (exact) mass is 266 g/mol. The van der Waals surface area contributed by atoms with Crippen LogP contribution in [0.3, 0.4) is 0 Å². The Kier molecular flexibility index (Phi) is 3.08. The lowest BCUT2D eigenvalue weighted by molar-refractivity contribution is -0.136. The number of allylic oxidation sites excluding steroid dienone is 2. The van der Waals surface area contributed by atoms with Gasteiger partial charge in [0.05, 0.1) is 11.1 Å². The van der Waals surface area contributed by atoms with Gasteiger partial charge in [-0.25, -0.2) is 4.79 Å². The normalized spacial score (nSPS) is 26.8. The van der Waals surface area contributed by atoms with E-state index in [2.05, 4.69) is 5.16 Å². The highest BCUT2D eigenvalue weighted by Gasteiger charge is 2.30. The van der Waals surface area contributed by atoms with Gasteiger partial charge in [0, 0.05) is 5.56 Å². The summed E-state index contributed by atoms with van der Waals surface area (Å²) in [5.74, 6) is -0.461. The first kappa shape index (κ1) is 12.6. The van der Waals surface area contributed by atoms with Crippen molar-refractivity contribution in [1.82, 2.24) is 0 Å². The highest BCUT2D eigenvalue weighted by molar-refractivity contribution is 6.28. The standard InChI is InChI=1S/C16H14N2O2/c17-16(9-5-2-6-10-16)11-13-14(18-20-15(13)19)12-7-3-1-4-8-12/h1-9,11H,10,17H2. The molecular weight excluding hydrogens is 252 g/mol. The van der Waals surface area contributed by atoms with Gasteiger partial charge in [0.15, 0.2) is 0 Å². The summed E-state index contributed by atoms with van der Waals surface area (Å²) in [5, 5.41) is 3.87. The Morgan fingerprint density at radius 2 is 2.05 bits per heavy atom. The van der Waals surface area contributed by atoms with E-state index in [1.807, 2.05) is 54.6 Å². The van der Waals surface area contributed by atoms with Crippen LogP contribution in [0.4, 0.5) is 0 Å². The van der Waals surface area contributed by atoms with Crippen molar-refractivity contribution >= 4 is 11.7 Å². The molecule has 0 spiro atoms. The Hall–Kier alpha value is -2.46. The number of benzene rings is 1. The predicted molar refractivity (Wildman–Crippen MR) is 77.0 cm³/mol. The van der Waals surface area contributed by atoms with E-state index in [4.69, 9.17) is 10.6 Å². The van der Waals surface area contributed by atoms with Crippen molar-refractivity contribution in [3.63, 3.8) is 0 Å². The first-order chi connectivity index (χ1) is 9.68. The third-order valence-electron chi connectivity index (χ3n) is 3.28. The third-order valence-corrected chi connectivity index (χ3v) is 3.28. The largest absolute Gasteiger partial charge is 0.367 e. The molecule has 4 nitrogen and oxygen atoms in total. The molecule has 0 saturated carbocycles. The fourth-order valence-corrected chi connectivity index (χ4v) is 2.24. The van der Waals surface area contributed by atoms with E-state index < -0.39 is 11.5 Å². The highest BCUT2D eigenvalue weighted by Crippen LogP contribution is 2.24. The van der Waals surface area contributed by atoms with Gasteiger partial charge in [-0.1, -0.05) is 59.8 Å². The van der Waals surface area contributed by atoms with Gasteiger partial charge in [-0.3, -0.25) is 0 Å². The van der Waals surface area contributed by atoms with E-state index in [1.54, 1.807) is 6.08 Å². The molecule has 3 rings (SSSR count). The minimum atomic E-state index is -0.678. The lowest BCUT2D eigenvalue weighted by Crippen LogP contribution is -2.36. The van der Waals surface area contributed by atoms with Crippen LogP contribution >= 0.6 is 0 Å². The Morgan fingerprint density at radius 3 is 2.75 bits per heavy atom.